The molecule has 3 aromatic carbocycles. The molecular weight excluding hydrogens is 422 g/mol. The maximum Gasteiger partial charge on any atom is 0.227 e. The molecule has 2 heterocycles. The van der Waals surface area contributed by atoms with Crippen molar-refractivity contribution in [1.82, 2.24) is 9.55 Å². The Kier molecular flexibility index (Phi) is 6.35. The van der Waals surface area contributed by atoms with Crippen LogP contribution >= 0.6 is 0 Å². The third-order valence-corrected chi connectivity index (χ3v) is 6.65. The Morgan fingerprint density at radius 3 is 2.53 bits per heavy atom. The van der Waals surface area contributed by atoms with Crippen molar-refractivity contribution in [2.45, 2.75) is 45.6 Å². The second kappa shape index (κ2) is 9.72. The van der Waals surface area contributed by atoms with Crippen LogP contribution in [0.1, 0.15) is 42.6 Å². The number of anilines is 1. The number of imidazole rings is 1. The summed E-state index contributed by atoms with van der Waals surface area (Å²) < 4.78 is 8.27. The van der Waals surface area contributed by atoms with E-state index in [9.17, 15) is 4.79 Å². The van der Waals surface area contributed by atoms with Crippen LogP contribution in [0.15, 0.2) is 72.8 Å². The molecule has 1 saturated heterocycles. The number of carbonyl (C=O) groups is 1. The molecule has 4 aromatic rings. The molecule has 5 heteroatoms. The fourth-order valence-corrected chi connectivity index (χ4v) is 4.73. The third kappa shape index (κ3) is 4.56. The Morgan fingerprint density at radius 1 is 1.00 bits per heavy atom. The van der Waals surface area contributed by atoms with Crippen LogP contribution in [0, 0.1) is 6.92 Å². The second-order valence-corrected chi connectivity index (χ2v) is 9.05. The van der Waals surface area contributed by atoms with Gasteiger partial charge in [0.25, 0.3) is 0 Å². The number of rotatable bonds is 8. The summed E-state index contributed by atoms with van der Waals surface area (Å²) in [6, 6.07) is 24.7. The van der Waals surface area contributed by atoms with Gasteiger partial charge in [-0.25, -0.2) is 4.98 Å². The van der Waals surface area contributed by atoms with Crippen LogP contribution in [0.2, 0.25) is 0 Å². The number of benzene rings is 3. The fourth-order valence-electron chi connectivity index (χ4n) is 4.73. The van der Waals surface area contributed by atoms with E-state index in [1.807, 2.05) is 35.2 Å². The van der Waals surface area contributed by atoms with Crippen molar-refractivity contribution in [1.29, 1.82) is 0 Å². The molecule has 1 amide bonds. The lowest BCUT2D eigenvalue weighted by molar-refractivity contribution is -0.117. The first kappa shape index (κ1) is 22.2. The van der Waals surface area contributed by atoms with Gasteiger partial charge in [0.05, 0.1) is 17.6 Å². The SMILES string of the molecule is CCc1ccc(OCCCn2c(C3CC(=O)N(c4ccc(C)cc4)C3)nc3ccccc32)cc1. The van der Waals surface area contributed by atoms with Crippen molar-refractivity contribution < 1.29 is 9.53 Å². The second-order valence-electron chi connectivity index (χ2n) is 9.05. The Morgan fingerprint density at radius 2 is 1.76 bits per heavy atom. The average Bonchev–Trinajstić information content (AvgIpc) is 3.43. The van der Waals surface area contributed by atoms with Crippen molar-refractivity contribution in [2.24, 2.45) is 0 Å². The lowest BCUT2D eigenvalue weighted by atomic mass is 10.1. The van der Waals surface area contributed by atoms with E-state index in [0.717, 1.165) is 47.7 Å². The minimum Gasteiger partial charge on any atom is -0.494 e. The summed E-state index contributed by atoms with van der Waals surface area (Å²) in [5.41, 5.74) is 5.56. The van der Waals surface area contributed by atoms with Crippen molar-refractivity contribution >= 4 is 22.6 Å². The molecule has 34 heavy (non-hydrogen) atoms. The minimum absolute atomic E-state index is 0.0729. The fraction of sp³-hybridized carbons (Fsp3) is 0.310. The van der Waals surface area contributed by atoms with Crippen molar-refractivity contribution in [3.05, 3.63) is 89.7 Å². The van der Waals surface area contributed by atoms with E-state index >= 15 is 0 Å². The van der Waals surface area contributed by atoms with Crippen LogP contribution in [0.4, 0.5) is 5.69 Å². The topological polar surface area (TPSA) is 47.4 Å². The quantitative estimate of drug-likeness (QED) is 0.312. The van der Waals surface area contributed by atoms with Crippen molar-refractivity contribution in [2.75, 3.05) is 18.1 Å². The van der Waals surface area contributed by atoms with E-state index in [0.29, 0.717) is 19.6 Å². The van der Waals surface area contributed by atoms with Gasteiger partial charge < -0.3 is 14.2 Å². The Labute approximate surface area is 201 Å². The monoisotopic (exact) mass is 453 g/mol. The average molecular weight is 454 g/mol. The number of aromatic nitrogens is 2. The highest BCUT2D eigenvalue weighted by molar-refractivity contribution is 5.96. The number of fused-ring (bicyclic) bond motifs is 1. The molecule has 5 rings (SSSR count). The van der Waals surface area contributed by atoms with Gasteiger partial charge in [-0.05, 0) is 61.7 Å². The zero-order valence-corrected chi connectivity index (χ0v) is 19.9. The van der Waals surface area contributed by atoms with Crippen LogP contribution in [0.5, 0.6) is 5.75 Å². The summed E-state index contributed by atoms with van der Waals surface area (Å²) >= 11 is 0. The first-order valence-corrected chi connectivity index (χ1v) is 12.2. The molecule has 1 unspecified atom stereocenters. The molecule has 1 aliphatic heterocycles. The molecule has 0 spiro atoms. The predicted octanol–water partition coefficient (Wildman–Crippen LogP) is 5.90. The van der Waals surface area contributed by atoms with Crippen LogP contribution in [-0.2, 0) is 17.8 Å². The summed E-state index contributed by atoms with van der Waals surface area (Å²) in [7, 11) is 0. The molecule has 0 N–H and O–H groups in total. The lowest BCUT2D eigenvalue weighted by Gasteiger charge is -2.18. The molecule has 0 aliphatic carbocycles. The van der Waals surface area contributed by atoms with E-state index in [1.165, 1.54) is 11.1 Å². The number of nitrogens with zero attached hydrogens (tertiary/aromatic N) is 3. The van der Waals surface area contributed by atoms with Crippen LogP contribution in [-0.4, -0.2) is 28.6 Å². The van der Waals surface area contributed by atoms with Gasteiger partial charge in [0, 0.05) is 31.1 Å². The number of ether oxygens (including phenoxy) is 1. The van der Waals surface area contributed by atoms with Gasteiger partial charge >= 0.3 is 0 Å². The third-order valence-electron chi connectivity index (χ3n) is 6.65. The largest absolute Gasteiger partial charge is 0.494 e. The molecule has 0 saturated carbocycles. The molecule has 1 aromatic heterocycles. The summed E-state index contributed by atoms with van der Waals surface area (Å²) in [4.78, 5) is 19.8. The maximum atomic E-state index is 12.9. The van der Waals surface area contributed by atoms with Crippen LogP contribution in [0.3, 0.4) is 0 Å². The van der Waals surface area contributed by atoms with Crippen LogP contribution < -0.4 is 9.64 Å². The highest BCUT2D eigenvalue weighted by Gasteiger charge is 2.34. The van der Waals surface area contributed by atoms with Crippen LogP contribution in [0.25, 0.3) is 11.0 Å². The van der Waals surface area contributed by atoms with Gasteiger partial charge in [-0.1, -0.05) is 48.9 Å². The Balaban J connectivity index is 1.32. The standard InChI is InChI=1S/C29H31N3O2/c1-3-22-11-15-25(16-12-22)34-18-6-17-31-27-8-5-4-7-26(27)30-29(31)23-19-28(33)32(20-23)24-13-9-21(2)10-14-24/h4-5,7-16,23H,3,6,17-20H2,1-2H3. The molecule has 0 radical (unpaired) electrons. The Bertz CT molecular complexity index is 1280. The summed E-state index contributed by atoms with van der Waals surface area (Å²) in [6.07, 6.45) is 2.38. The Hall–Kier alpha value is -3.60. The number of hydrogen-bond acceptors (Lipinski definition) is 3. The number of aryl methyl sites for hydroxylation is 3. The molecular formula is C29H31N3O2. The van der Waals surface area contributed by atoms with Gasteiger partial charge in [-0.15, -0.1) is 0 Å². The highest BCUT2D eigenvalue weighted by atomic mass is 16.5. The zero-order chi connectivity index (χ0) is 23.5. The van der Waals surface area contributed by atoms with E-state index in [1.54, 1.807) is 0 Å². The zero-order valence-electron chi connectivity index (χ0n) is 19.9. The maximum absolute atomic E-state index is 12.9. The lowest BCUT2D eigenvalue weighted by Crippen LogP contribution is -2.24. The number of hydrogen-bond donors (Lipinski definition) is 0. The molecule has 174 valence electrons. The molecule has 1 fully saturated rings. The number of para-hydroxylation sites is 2. The van der Waals surface area contributed by atoms with Gasteiger partial charge in [-0.3, -0.25) is 4.79 Å². The molecule has 1 atom stereocenters. The normalized spacial score (nSPS) is 15.9. The van der Waals surface area contributed by atoms with Gasteiger partial charge in [0.15, 0.2) is 0 Å². The van der Waals surface area contributed by atoms with E-state index in [-0.39, 0.29) is 11.8 Å². The smallest absolute Gasteiger partial charge is 0.227 e. The van der Waals surface area contributed by atoms with E-state index in [2.05, 4.69) is 60.9 Å². The van der Waals surface area contributed by atoms with Crippen molar-refractivity contribution in [3.8, 4) is 5.75 Å². The van der Waals surface area contributed by atoms with Gasteiger partial charge in [-0.2, -0.15) is 0 Å². The molecule has 5 nitrogen and oxygen atoms in total. The molecule has 1 aliphatic rings. The van der Waals surface area contributed by atoms with Gasteiger partial charge in [0.2, 0.25) is 5.91 Å². The highest BCUT2D eigenvalue weighted by Crippen LogP contribution is 2.33. The first-order valence-electron chi connectivity index (χ1n) is 12.2. The predicted molar refractivity (Wildman–Crippen MR) is 137 cm³/mol. The number of amides is 1. The van der Waals surface area contributed by atoms with E-state index < -0.39 is 0 Å². The summed E-state index contributed by atoms with van der Waals surface area (Å²) in [5.74, 6) is 2.13. The first-order chi connectivity index (χ1) is 16.6. The van der Waals surface area contributed by atoms with Gasteiger partial charge in [0.1, 0.15) is 11.6 Å². The molecule has 0 bridgehead atoms. The van der Waals surface area contributed by atoms with Crippen molar-refractivity contribution in [3.63, 3.8) is 0 Å². The summed E-state index contributed by atoms with van der Waals surface area (Å²) in [5, 5.41) is 0. The summed E-state index contributed by atoms with van der Waals surface area (Å²) in [6.45, 7) is 6.31. The minimum atomic E-state index is 0.0729. The number of carbonyl (C=O) groups excluding carboxylic acids is 1. The van der Waals surface area contributed by atoms with E-state index in [4.69, 9.17) is 9.72 Å².